The molecule has 2 aliphatic rings. The summed E-state index contributed by atoms with van der Waals surface area (Å²) in [6, 6.07) is 11.2. The van der Waals surface area contributed by atoms with Crippen molar-refractivity contribution < 1.29 is 19.2 Å². The van der Waals surface area contributed by atoms with E-state index in [4.69, 9.17) is 23.2 Å². The van der Waals surface area contributed by atoms with Gasteiger partial charge in [0.25, 0.3) is 17.7 Å². The molecule has 0 saturated carbocycles. The lowest BCUT2D eigenvalue weighted by molar-refractivity contribution is -0.156. The molecule has 170 valence electrons. The van der Waals surface area contributed by atoms with Gasteiger partial charge in [-0.15, -0.1) is 0 Å². The molecule has 0 bridgehead atoms. The number of rotatable bonds is 5. The highest BCUT2D eigenvalue weighted by molar-refractivity contribution is 6.31. The number of allylic oxidation sites excluding steroid dienone is 2. The molecule has 0 spiro atoms. The average Bonchev–Trinajstić information content (AvgIpc) is 3.04. The molecule has 6 nitrogen and oxygen atoms in total. The van der Waals surface area contributed by atoms with Gasteiger partial charge in [-0.05, 0) is 75.2 Å². The fraction of sp³-hybridized carbons (Fsp3) is 0.280. The predicted molar refractivity (Wildman–Crippen MR) is 125 cm³/mol. The number of benzene rings is 2. The van der Waals surface area contributed by atoms with E-state index >= 15 is 0 Å². The van der Waals surface area contributed by atoms with Crippen molar-refractivity contribution in [3.8, 4) is 0 Å². The Labute approximate surface area is 201 Å². The highest BCUT2D eigenvalue weighted by atomic mass is 35.5. The van der Waals surface area contributed by atoms with Gasteiger partial charge in [0, 0.05) is 21.2 Å². The van der Waals surface area contributed by atoms with Crippen molar-refractivity contribution >= 4 is 46.7 Å². The smallest absolute Gasteiger partial charge is 0.273 e. The normalized spacial score (nSPS) is 20.8. The summed E-state index contributed by atoms with van der Waals surface area (Å²) in [7, 11) is 0. The Morgan fingerprint density at radius 2 is 1.42 bits per heavy atom. The van der Waals surface area contributed by atoms with Crippen molar-refractivity contribution in [3.05, 3.63) is 81.4 Å². The van der Waals surface area contributed by atoms with E-state index in [9.17, 15) is 19.2 Å². The molecular formula is C25H22Cl2N2O4. The Bertz CT molecular complexity index is 1160. The zero-order chi connectivity index (χ0) is 23.9. The fourth-order valence-corrected chi connectivity index (χ4v) is 4.62. The molecule has 0 N–H and O–H groups in total. The highest BCUT2D eigenvalue weighted by Gasteiger charge is 2.53. The second-order valence-electron chi connectivity index (χ2n) is 8.40. The Hall–Kier alpha value is -2.96. The summed E-state index contributed by atoms with van der Waals surface area (Å²) >= 11 is 11.9. The SMILES string of the molecule is CC1=CC[C@@H]2C(=O)N(N(C(=O)c3ccc(Cl)cc3)[C@H](C)C(=O)c3ccc(Cl)cc3)C(=O)[C@@H]2C1. The quantitative estimate of drug-likeness (QED) is 0.341. The Kier molecular flexibility index (Phi) is 6.41. The summed E-state index contributed by atoms with van der Waals surface area (Å²) in [4.78, 5) is 53.6. The van der Waals surface area contributed by atoms with Gasteiger partial charge >= 0.3 is 0 Å². The summed E-state index contributed by atoms with van der Waals surface area (Å²) in [6.45, 7) is 3.43. The number of hydrogen-bond donors (Lipinski definition) is 0. The Morgan fingerprint density at radius 3 is 2.00 bits per heavy atom. The van der Waals surface area contributed by atoms with Crippen LogP contribution in [0.3, 0.4) is 0 Å². The standard InChI is InChI=1S/C25H22Cl2N2O4/c1-14-3-12-20-21(13-14)25(33)29(24(20)32)28(23(31)17-6-10-19(27)11-7-17)15(2)22(30)16-4-8-18(26)9-5-16/h3-11,15,20-21H,12-13H2,1-2H3/t15-,20+,21-/m1/s1. The van der Waals surface area contributed by atoms with Crippen LogP contribution in [0.25, 0.3) is 0 Å². The van der Waals surface area contributed by atoms with Crippen molar-refractivity contribution in [2.45, 2.75) is 32.7 Å². The maximum absolute atomic E-state index is 13.6. The maximum Gasteiger partial charge on any atom is 0.273 e. The van der Waals surface area contributed by atoms with Crippen LogP contribution in [-0.2, 0) is 9.59 Å². The highest BCUT2D eigenvalue weighted by Crippen LogP contribution is 2.39. The van der Waals surface area contributed by atoms with E-state index in [-0.39, 0.29) is 5.56 Å². The molecule has 1 aliphatic carbocycles. The van der Waals surface area contributed by atoms with Gasteiger partial charge in [0.1, 0.15) is 6.04 Å². The Balaban J connectivity index is 1.74. The van der Waals surface area contributed by atoms with E-state index in [1.165, 1.54) is 19.1 Å². The molecular weight excluding hydrogens is 463 g/mol. The van der Waals surface area contributed by atoms with Gasteiger partial charge < -0.3 is 0 Å². The minimum atomic E-state index is -1.11. The molecule has 0 unspecified atom stereocenters. The number of fused-ring (bicyclic) bond motifs is 1. The van der Waals surface area contributed by atoms with Crippen molar-refractivity contribution in [3.63, 3.8) is 0 Å². The van der Waals surface area contributed by atoms with Crippen LogP contribution in [-0.4, -0.2) is 39.6 Å². The van der Waals surface area contributed by atoms with Crippen molar-refractivity contribution in [2.24, 2.45) is 11.8 Å². The van der Waals surface area contributed by atoms with Crippen LogP contribution in [0.5, 0.6) is 0 Å². The first-order chi connectivity index (χ1) is 15.7. The third-order valence-corrected chi connectivity index (χ3v) is 6.69. The van der Waals surface area contributed by atoms with Crippen LogP contribution >= 0.6 is 23.2 Å². The second-order valence-corrected chi connectivity index (χ2v) is 9.27. The zero-order valence-corrected chi connectivity index (χ0v) is 19.6. The van der Waals surface area contributed by atoms with Crippen LogP contribution in [0.2, 0.25) is 10.0 Å². The number of carbonyl (C=O) groups is 4. The molecule has 3 amide bonds. The predicted octanol–water partition coefficient (Wildman–Crippen LogP) is 4.96. The minimum Gasteiger partial charge on any atom is -0.292 e. The van der Waals surface area contributed by atoms with Gasteiger partial charge in [0.15, 0.2) is 5.78 Å². The van der Waals surface area contributed by atoms with E-state index in [2.05, 4.69) is 0 Å². The molecule has 2 aromatic rings. The summed E-state index contributed by atoms with van der Waals surface area (Å²) in [5, 5.41) is 2.78. The van der Waals surface area contributed by atoms with Crippen LogP contribution in [0.15, 0.2) is 60.2 Å². The van der Waals surface area contributed by atoms with Crippen molar-refractivity contribution in [1.82, 2.24) is 10.0 Å². The summed E-state index contributed by atoms with van der Waals surface area (Å²) in [6.07, 6.45) is 2.83. The van der Waals surface area contributed by atoms with Crippen molar-refractivity contribution in [2.75, 3.05) is 0 Å². The van der Waals surface area contributed by atoms with E-state index in [0.717, 1.165) is 15.6 Å². The summed E-state index contributed by atoms with van der Waals surface area (Å²) < 4.78 is 0. The molecule has 3 atom stereocenters. The van der Waals surface area contributed by atoms with Crippen LogP contribution in [0.1, 0.15) is 47.4 Å². The minimum absolute atomic E-state index is 0.208. The lowest BCUT2D eigenvalue weighted by Crippen LogP contribution is -2.56. The summed E-state index contributed by atoms with van der Waals surface area (Å²) in [5.74, 6) is -3.06. The van der Waals surface area contributed by atoms with Gasteiger partial charge in [-0.25, -0.2) is 5.01 Å². The van der Waals surface area contributed by atoms with Gasteiger partial charge in [0.2, 0.25) is 0 Å². The number of nitrogens with zero attached hydrogens (tertiary/aromatic N) is 2. The van der Waals surface area contributed by atoms with Crippen LogP contribution in [0.4, 0.5) is 0 Å². The fourth-order valence-electron chi connectivity index (χ4n) is 4.36. The molecule has 1 heterocycles. The lowest BCUT2D eigenvalue weighted by atomic mass is 9.82. The van der Waals surface area contributed by atoms with E-state index in [0.29, 0.717) is 28.5 Å². The third-order valence-electron chi connectivity index (χ3n) is 6.19. The molecule has 2 aromatic carbocycles. The first-order valence-electron chi connectivity index (χ1n) is 10.6. The number of amides is 3. The molecule has 0 radical (unpaired) electrons. The van der Waals surface area contributed by atoms with Crippen LogP contribution < -0.4 is 0 Å². The average molecular weight is 485 g/mol. The van der Waals surface area contributed by atoms with E-state index in [1.807, 2.05) is 13.0 Å². The first kappa shape index (κ1) is 23.2. The molecule has 1 saturated heterocycles. The molecule has 1 aliphatic heterocycles. The number of halogens is 2. The number of hydrazine groups is 1. The zero-order valence-electron chi connectivity index (χ0n) is 18.1. The maximum atomic E-state index is 13.6. The number of Topliss-reactive ketones (excluding diaryl/α,β-unsaturated/α-hetero) is 1. The first-order valence-corrected chi connectivity index (χ1v) is 11.4. The molecule has 4 rings (SSSR count). The van der Waals surface area contributed by atoms with Crippen molar-refractivity contribution in [1.29, 1.82) is 0 Å². The molecule has 8 heteroatoms. The van der Waals surface area contributed by atoms with Crippen LogP contribution in [0, 0.1) is 11.8 Å². The number of hydrogen-bond acceptors (Lipinski definition) is 4. The van der Waals surface area contributed by atoms with Gasteiger partial charge in [0.05, 0.1) is 11.8 Å². The monoisotopic (exact) mass is 484 g/mol. The molecule has 33 heavy (non-hydrogen) atoms. The number of ketones is 1. The van der Waals surface area contributed by atoms with E-state index in [1.54, 1.807) is 36.4 Å². The number of carbonyl (C=O) groups excluding carboxylic acids is 4. The lowest BCUT2D eigenvalue weighted by Gasteiger charge is -2.34. The largest absolute Gasteiger partial charge is 0.292 e. The Morgan fingerprint density at radius 1 is 0.909 bits per heavy atom. The molecule has 1 fully saturated rings. The summed E-state index contributed by atoms with van der Waals surface area (Å²) in [5.41, 5.74) is 1.55. The second kappa shape index (κ2) is 9.12. The topological polar surface area (TPSA) is 74.8 Å². The van der Waals surface area contributed by atoms with E-state index < -0.39 is 41.4 Å². The third kappa shape index (κ3) is 4.33. The molecule has 0 aromatic heterocycles. The number of imide groups is 1. The van der Waals surface area contributed by atoms with Gasteiger partial charge in [-0.2, -0.15) is 5.01 Å². The van der Waals surface area contributed by atoms with Gasteiger partial charge in [-0.1, -0.05) is 34.9 Å². The van der Waals surface area contributed by atoms with Gasteiger partial charge in [-0.3, -0.25) is 19.2 Å².